The van der Waals surface area contributed by atoms with Gasteiger partial charge in [-0.25, -0.2) is 0 Å². The predicted octanol–water partition coefficient (Wildman–Crippen LogP) is 21.0. The Kier molecular flexibility index (Phi) is 12.2. The van der Waals surface area contributed by atoms with E-state index in [1.54, 1.807) is 0 Å². The van der Waals surface area contributed by atoms with Gasteiger partial charge in [-0.05, 0) is 194 Å². The second kappa shape index (κ2) is 20.4. The summed E-state index contributed by atoms with van der Waals surface area (Å²) in [6, 6.07) is 114. The van der Waals surface area contributed by atoms with Crippen molar-refractivity contribution in [2.75, 3.05) is 0 Å². The van der Waals surface area contributed by atoms with Crippen LogP contribution < -0.4 is 0 Å². The first kappa shape index (κ1) is 47.3. The molecule has 0 nitrogen and oxygen atoms in total. The third-order valence-corrected chi connectivity index (χ3v) is 15.9. The summed E-state index contributed by atoms with van der Waals surface area (Å²) in [6.45, 7) is 2.40. The van der Waals surface area contributed by atoms with Gasteiger partial charge in [0.15, 0.2) is 0 Å². The number of hydrogen-bond acceptors (Lipinski definition) is 0. The maximum Gasteiger partial charge on any atom is -0.000104 e. The van der Waals surface area contributed by atoms with Gasteiger partial charge in [0.1, 0.15) is 0 Å². The van der Waals surface area contributed by atoms with Gasteiger partial charge in [-0.15, -0.1) is 0 Å². The zero-order valence-electron chi connectivity index (χ0n) is 43.9. The van der Waals surface area contributed by atoms with E-state index in [0.29, 0.717) is 0 Å². The van der Waals surface area contributed by atoms with Crippen LogP contribution in [-0.2, 0) is 0 Å². The summed E-state index contributed by atoms with van der Waals surface area (Å²) in [7, 11) is 0. The summed E-state index contributed by atoms with van der Waals surface area (Å²) in [5.41, 5.74) is 32.4. The molecule has 0 N–H and O–H groups in total. The van der Waals surface area contributed by atoms with Gasteiger partial charge in [-0.2, -0.15) is 0 Å². The van der Waals surface area contributed by atoms with E-state index in [1.165, 1.54) is 150 Å². The Morgan fingerprint density at radius 3 is 0.696 bits per heavy atom. The van der Waals surface area contributed by atoms with Gasteiger partial charge in [0.05, 0.1) is 0 Å². The maximum atomic E-state index is 2.47. The molecule has 12 aromatic carbocycles. The Hall–Kier alpha value is -10.1. The van der Waals surface area contributed by atoms with Crippen molar-refractivity contribution in [3.63, 3.8) is 0 Å². The maximum absolute atomic E-state index is 2.47. The van der Waals surface area contributed by atoms with Gasteiger partial charge in [-0.1, -0.05) is 273 Å². The fourth-order valence-corrected chi connectivity index (χ4v) is 12.5. The third kappa shape index (κ3) is 8.52. The van der Waals surface area contributed by atoms with Crippen molar-refractivity contribution in [2.45, 2.75) is 6.92 Å². The lowest BCUT2D eigenvalue weighted by Gasteiger charge is -2.26. The van der Waals surface area contributed by atoms with Crippen LogP contribution in [0.1, 0.15) is 38.9 Å². The van der Waals surface area contributed by atoms with Crippen molar-refractivity contribution in [1.82, 2.24) is 0 Å². The van der Waals surface area contributed by atoms with Crippen LogP contribution in [0.2, 0.25) is 0 Å². The van der Waals surface area contributed by atoms with E-state index in [9.17, 15) is 0 Å². The van der Waals surface area contributed by atoms with Gasteiger partial charge in [0.25, 0.3) is 0 Å². The molecule has 2 aliphatic carbocycles. The van der Waals surface area contributed by atoms with Gasteiger partial charge in [-0.3, -0.25) is 0 Å². The number of hydrogen-bond donors (Lipinski definition) is 0. The van der Waals surface area contributed by atoms with Gasteiger partial charge < -0.3 is 0 Å². The van der Waals surface area contributed by atoms with Gasteiger partial charge in [0.2, 0.25) is 0 Å². The van der Waals surface area contributed by atoms with E-state index >= 15 is 0 Å². The molecular formula is C79H54. The molecule has 2 aliphatic rings. The largest absolute Gasteiger partial charge is 0.0622 e. The standard InChI is InChI=1S/C79H54/c1-53-69(58-37-19-6-20-38-58)71(59-39-21-7-22-40-59)73(61-43-25-9-26-44-61)77-70(53)78-75(67-49-63(54-29-11-2-12-30-54)47-64(50-67)55-31-13-3-14-32-55)72(60-41-23-8-24-42-60)74(62-45-27-10-28-46-62)79(78)76(77)68-51-65(56-33-15-4-16-34-56)48-66(52-68)57-35-17-5-18-36-57/h2-52H,1H3. The molecule has 0 saturated heterocycles. The Balaban J connectivity index is 1.25. The number of rotatable bonds is 11. The molecule has 0 spiro atoms. The molecule has 79 heavy (non-hydrogen) atoms. The van der Waals surface area contributed by atoms with Crippen LogP contribution in [0, 0.1) is 6.92 Å². The topological polar surface area (TPSA) is 0 Å². The summed E-state index contributed by atoms with van der Waals surface area (Å²) in [5, 5.41) is 0. The van der Waals surface area contributed by atoms with Crippen LogP contribution in [0.15, 0.2) is 315 Å². The highest BCUT2D eigenvalue weighted by Crippen LogP contribution is 2.66. The summed E-state index contributed by atoms with van der Waals surface area (Å²) < 4.78 is 0. The normalized spacial score (nSPS) is 12.7. The molecule has 14 rings (SSSR count). The van der Waals surface area contributed by atoms with Crippen molar-refractivity contribution in [3.8, 4) is 77.9 Å². The first-order valence-electron chi connectivity index (χ1n) is 27.4. The molecule has 0 heteroatoms. The molecule has 0 fully saturated rings. The van der Waals surface area contributed by atoms with Crippen LogP contribution in [0.5, 0.6) is 0 Å². The second-order valence-electron chi connectivity index (χ2n) is 20.6. The fourth-order valence-electron chi connectivity index (χ4n) is 12.5. The van der Waals surface area contributed by atoms with Crippen molar-refractivity contribution < 1.29 is 0 Å². The van der Waals surface area contributed by atoms with E-state index in [2.05, 4.69) is 316 Å². The molecule has 0 bridgehead atoms. The Bertz CT molecular complexity index is 4190. The Morgan fingerprint density at radius 2 is 0.367 bits per heavy atom. The zero-order valence-corrected chi connectivity index (χ0v) is 43.9. The molecule has 0 aliphatic heterocycles. The highest BCUT2D eigenvalue weighted by atomic mass is 14.5. The number of fused-ring (bicyclic) bond motifs is 3. The first-order chi connectivity index (χ1) is 39.2. The molecule has 0 aromatic heterocycles. The van der Waals surface area contributed by atoms with Gasteiger partial charge >= 0.3 is 0 Å². The van der Waals surface area contributed by atoms with Crippen molar-refractivity contribution in [3.05, 3.63) is 354 Å². The monoisotopic (exact) mass is 1000 g/mol. The van der Waals surface area contributed by atoms with Crippen LogP contribution in [0.25, 0.3) is 106 Å². The van der Waals surface area contributed by atoms with Gasteiger partial charge in [0, 0.05) is 0 Å². The fraction of sp³-hybridized carbons (Fsp3) is 0.0127. The minimum Gasteiger partial charge on any atom is -0.0622 e. The zero-order chi connectivity index (χ0) is 52.7. The molecule has 0 unspecified atom stereocenters. The van der Waals surface area contributed by atoms with E-state index in [-0.39, 0.29) is 0 Å². The average Bonchev–Trinajstić information content (AvgIpc) is 3.32. The van der Waals surface area contributed by atoms with Crippen molar-refractivity contribution in [1.29, 1.82) is 0 Å². The smallest absolute Gasteiger partial charge is 0.000104 e. The van der Waals surface area contributed by atoms with E-state index in [4.69, 9.17) is 0 Å². The second-order valence-corrected chi connectivity index (χ2v) is 20.6. The number of benzene rings is 12. The summed E-state index contributed by atoms with van der Waals surface area (Å²) >= 11 is 0. The molecule has 0 radical (unpaired) electrons. The van der Waals surface area contributed by atoms with Crippen LogP contribution in [0.4, 0.5) is 0 Å². The highest BCUT2D eigenvalue weighted by Gasteiger charge is 2.44. The van der Waals surface area contributed by atoms with Crippen molar-refractivity contribution in [2.24, 2.45) is 0 Å². The molecule has 0 heterocycles. The molecule has 0 amide bonds. The van der Waals surface area contributed by atoms with Crippen molar-refractivity contribution >= 4 is 27.9 Å². The predicted molar refractivity (Wildman–Crippen MR) is 335 cm³/mol. The van der Waals surface area contributed by atoms with Crippen LogP contribution >= 0.6 is 0 Å². The molecule has 0 atom stereocenters. The lowest BCUT2D eigenvalue weighted by Crippen LogP contribution is -2.04. The average molecular weight is 1000 g/mol. The quantitative estimate of drug-likeness (QED) is 0.121. The van der Waals surface area contributed by atoms with Crippen LogP contribution in [-0.4, -0.2) is 0 Å². The van der Waals surface area contributed by atoms with E-state index in [0.717, 1.165) is 0 Å². The van der Waals surface area contributed by atoms with E-state index < -0.39 is 0 Å². The van der Waals surface area contributed by atoms with E-state index in [1.807, 2.05) is 0 Å². The Morgan fingerprint density at radius 1 is 0.139 bits per heavy atom. The number of allylic oxidation sites excluding steroid dienone is 5. The minimum atomic E-state index is 1.17. The lowest BCUT2D eigenvalue weighted by atomic mass is 9.76. The molecule has 370 valence electrons. The lowest BCUT2D eigenvalue weighted by molar-refractivity contribution is 1.40. The summed E-state index contributed by atoms with van der Waals surface area (Å²) in [5.74, 6) is 0. The SMILES string of the molecule is Cc1c2c(c(-c3ccccc3)c(-c3ccccc3)c1-c1ccccc1)C(c1cc(-c3ccccc3)cc(-c3ccccc3)c1)=C1C(c3ccccc3)=C(c3ccccc3)C(c3cc(-c4ccccc4)cc(-c4ccccc4)c3)=C12. The highest BCUT2D eigenvalue weighted by molar-refractivity contribution is 6.40. The molecule has 12 aromatic rings. The first-order valence-corrected chi connectivity index (χ1v) is 27.4. The third-order valence-electron chi connectivity index (χ3n) is 15.9. The minimum absolute atomic E-state index is 1.17. The summed E-state index contributed by atoms with van der Waals surface area (Å²) in [4.78, 5) is 0. The van der Waals surface area contributed by atoms with Crippen LogP contribution in [0.3, 0.4) is 0 Å². The summed E-state index contributed by atoms with van der Waals surface area (Å²) in [6.07, 6.45) is 0. The molecule has 0 saturated carbocycles. The molecular weight excluding hydrogens is 949 g/mol. The Labute approximate surface area is 464 Å².